The van der Waals surface area contributed by atoms with Gasteiger partial charge in [-0.15, -0.1) is 16.7 Å². The molecule has 0 aliphatic heterocycles. The van der Waals surface area contributed by atoms with E-state index in [-0.39, 0.29) is 17.2 Å². The third-order valence-electron chi connectivity index (χ3n) is 1.95. The van der Waals surface area contributed by atoms with Gasteiger partial charge >= 0.3 is 6.01 Å². The molecule has 4 nitrogen and oxygen atoms in total. The van der Waals surface area contributed by atoms with Gasteiger partial charge in [-0.05, 0) is 47.7 Å². The molecule has 0 aliphatic carbocycles. The Morgan fingerprint density at radius 3 is 2.82 bits per heavy atom. The van der Waals surface area contributed by atoms with Crippen LogP contribution in [0, 0.1) is 9.39 Å². The molecule has 0 radical (unpaired) electrons. The molecule has 1 unspecified atom stereocenters. The molecule has 0 fully saturated rings. The molecule has 1 aromatic carbocycles. The van der Waals surface area contributed by atoms with Crippen molar-refractivity contribution in [2.75, 3.05) is 5.32 Å². The molecular weight excluding hydrogens is 359 g/mol. The molecule has 2 aromatic rings. The molecule has 7 heteroatoms. The second-order valence-electron chi connectivity index (χ2n) is 3.31. The average Bonchev–Trinajstić information content (AvgIpc) is 2.71. The van der Waals surface area contributed by atoms with Gasteiger partial charge in [-0.2, -0.15) is 0 Å². The van der Waals surface area contributed by atoms with Crippen LogP contribution in [0.15, 0.2) is 22.6 Å². The van der Waals surface area contributed by atoms with Crippen LogP contribution < -0.4 is 5.32 Å². The van der Waals surface area contributed by atoms with E-state index >= 15 is 0 Å². The Labute approximate surface area is 116 Å². The van der Waals surface area contributed by atoms with Gasteiger partial charge in [-0.25, -0.2) is 4.39 Å². The Hall–Kier alpha value is -0.890. The molecular formula is C10H8ClFIN3O. The van der Waals surface area contributed by atoms with E-state index in [0.717, 1.165) is 3.57 Å². The number of hydrogen-bond acceptors (Lipinski definition) is 4. The molecule has 0 aliphatic rings. The summed E-state index contributed by atoms with van der Waals surface area (Å²) < 4.78 is 18.9. The van der Waals surface area contributed by atoms with E-state index < -0.39 is 0 Å². The summed E-state index contributed by atoms with van der Waals surface area (Å²) in [7, 11) is 0. The highest BCUT2D eigenvalue weighted by atomic mass is 127. The van der Waals surface area contributed by atoms with Crippen molar-refractivity contribution in [3.8, 4) is 0 Å². The van der Waals surface area contributed by atoms with E-state index in [2.05, 4.69) is 15.5 Å². The quantitative estimate of drug-likeness (QED) is 0.661. The van der Waals surface area contributed by atoms with Crippen molar-refractivity contribution in [3.05, 3.63) is 33.5 Å². The summed E-state index contributed by atoms with van der Waals surface area (Å²) in [5, 5.41) is 10.1. The normalized spacial score (nSPS) is 12.5. The predicted octanol–water partition coefficient (Wildman–Crippen LogP) is 3.86. The lowest BCUT2D eigenvalue weighted by atomic mass is 10.3. The summed E-state index contributed by atoms with van der Waals surface area (Å²) in [4.78, 5) is 0. The summed E-state index contributed by atoms with van der Waals surface area (Å²) in [6.45, 7) is 1.74. The van der Waals surface area contributed by atoms with Crippen molar-refractivity contribution in [3.63, 3.8) is 0 Å². The molecule has 0 amide bonds. The Bertz CT molecular complexity index is 532. The number of anilines is 2. The average molecular weight is 368 g/mol. The van der Waals surface area contributed by atoms with Gasteiger partial charge < -0.3 is 9.73 Å². The van der Waals surface area contributed by atoms with Crippen LogP contribution in [-0.4, -0.2) is 10.2 Å². The Kier molecular flexibility index (Phi) is 3.82. The zero-order valence-electron chi connectivity index (χ0n) is 8.75. The van der Waals surface area contributed by atoms with E-state index in [1.165, 1.54) is 12.1 Å². The van der Waals surface area contributed by atoms with Gasteiger partial charge in [0, 0.05) is 3.57 Å². The smallest absolute Gasteiger partial charge is 0.320 e. The minimum atomic E-state index is -0.342. The SMILES string of the molecule is CC(Cl)c1nnc(Nc2ccc(F)cc2I)o1. The zero-order valence-corrected chi connectivity index (χ0v) is 11.7. The monoisotopic (exact) mass is 367 g/mol. The van der Waals surface area contributed by atoms with Crippen molar-refractivity contribution in [2.24, 2.45) is 0 Å². The fraction of sp³-hybridized carbons (Fsp3) is 0.200. The summed E-state index contributed by atoms with van der Waals surface area (Å²) in [5.41, 5.74) is 0.699. The maximum atomic E-state index is 12.9. The van der Waals surface area contributed by atoms with Crippen LogP contribution in [0.2, 0.25) is 0 Å². The first kappa shape index (κ1) is 12.6. The van der Waals surface area contributed by atoms with E-state index in [1.54, 1.807) is 13.0 Å². The van der Waals surface area contributed by atoms with Crippen LogP contribution in [0.4, 0.5) is 16.1 Å². The first-order valence-electron chi connectivity index (χ1n) is 4.76. The van der Waals surface area contributed by atoms with Crippen LogP contribution in [0.25, 0.3) is 0 Å². The van der Waals surface area contributed by atoms with Crippen molar-refractivity contribution in [1.82, 2.24) is 10.2 Å². The van der Waals surface area contributed by atoms with Gasteiger partial charge in [0.2, 0.25) is 5.89 Å². The molecule has 0 saturated heterocycles. The number of rotatable bonds is 3. The maximum Gasteiger partial charge on any atom is 0.320 e. The van der Waals surface area contributed by atoms with Crippen LogP contribution in [0.1, 0.15) is 18.2 Å². The molecule has 0 spiro atoms. The first-order valence-corrected chi connectivity index (χ1v) is 6.27. The topological polar surface area (TPSA) is 51.0 Å². The highest BCUT2D eigenvalue weighted by Crippen LogP contribution is 2.25. The van der Waals surface area contributed by atoms with Crippen LogP contribution in [-0.2, 0) is 0 Å². The number of nitrogens with zero attached hydrogens (tertiary/aromatic N) is 2. The lowest BCUT2D eigenvalue weighted by molar-refractivity contribution is 0.510. The van der Waals surface area contributed by atoms with E-state index in [4.69, 9.17) is 16.0 Å². The minimum Gasteiger partial charge on any atom is -0.406 e. The van der Waals surface area contributed by atoms with Gasteiger partial charge in [0.1, 0.15) is 11.2 Å². The van der Waals surface area contributed by atoms with Crippen molar-refractivity contribution in [2.45, 2.75) is 12.3 Å². The van der Waals surface area contributed by atoms with Gasteiger partial charge in [-0.1, -0.05) is 5.10 Å². The lowest BCUT2D eigenvalue weighted by Gasteiger charge is -2.03. The minimum absolute atomic E-state index is 0.233. The molecule has 0 saturated carbocycles. The highest BCUT2D eigenvalue weighted by Gasteiger charge is 2.12. The number of halogens is 3. The number of hydrogen-bond donors (Lipinski definition) is 1. The standard InChI is InChI=1S/C10H8ClFIN3O/c1-5(11)9-15-16-10(17-9)14-8-3-2-6(12)4-7(8)13/h2-5H,1H3,(H,14,16). The number of aromatic nitrogens is 2. The van der Waals surface area contributed by atoms with Gasteiger partial charge in [-0.3, -0.25) is 0 Å². The summed E-state index contributed by atoms with van der Waals surface area (Å²) in [6, 6.07) is 4.60. The maximum absolute atomic E-state index is 12.9. The molecule has 17 heavy (non-hydrogen) atoms. The Balaban J connectivity index is 2.19. The molecule has 0 bridgehead atoms. The summed E-state index contributed by atoms with van der Waals surface area (Å²) in [5.74, 6) is 0.0480. The molecule has 1 N–H and O–H groups in total. The molecule has 2 rings (SSSR count). The first-order chi connectivity index (χ1) is 8.06. The van der Waals surface area contributed by atoms with E-state index in [1.807, 2.05) is 22.6 Å². The number of alkyl halides is 1. The summed E-state index contributed by atoms with van der Waals surface area (Å²) in [6.07, 6.45) is 0. The fourth-order valence-electron chi connectivity index (χ4n) is 1.15. The number of benzene rings is 1. The van der Waals surface area contributed by atoms with Crippen LogP contribution >= 0.6 is 34.2 Å². The molecule has 1 aromatic heterocycles. The number of nitrogens with one attached hydrogen (secondary N) is 1. The largest absolute Gasteiger partial charge is 0.406 e. The third-order valence-corrected chi connectivity index (χ3v) is 3.03. The third kappa shape index (κ3) is 3.06. The van der Waals surface area contributed by atoms with Crippen molar-refractivity contribution in [1.29, 1.82) is 0 Å². The fourth-order valence-corrected chi connectivity index (χ4v) is 1.85. The highest BCUT2D eigenvalue weighted by molar-refractivity contribution is 14.1. The van der Waals surface area contributed by atoms with E-state index in [9.17, 15) is 4.39 Å². The second kappa shape index (κ2) is 5.18. The van der Waals surface area contributed by atoms with Crippen LogP contribution in [0.3, 0.4) is 0 Å². The Morgan fingerprint density at radius 1 is 1.47 bits per heavy atom. The van der Waals surface area contributed by atoms with Crippen molar-refractivity contribution >= 4 is 45.9 Å². The molecule has 1 heterocycles. The van der Waals surface area contributed by atoms with Gasteiger partial charge in [0.25, 0.3) is 0 Å². The zero-order chi connectivity index (χ0) is 12.4. The molecule has 1 atom stereocenters. The van der Waals surface area contributed by atoms with Gasteiger partial charge in [0.05, 0.1) is 5.69 Å². The predicted molar refractivity (Wildman–Crippen MR) is 71.0 cm³/mol. The summed E-state index contributed by atoms with van der Waals surface area (Å²) >= 11 is 7.81. The van der Waals surface area contributed by atoms with Crippen molar-refractivity contribution < 1.29 is 8.81 Å². The Morgan fingerprint density at radius 2 is 2.24 bits per heavy atom. The van der Waals surface area contributed by atoms with E-state index in [0.29, 0.717) is 11.6 Å². The van der Waals surface area contributed by atoms with Crippen LogP contribution in [0.5, 0.6) is 0 Å². The lowest BCUT2D eigenvalue weighted by Crippen LogP contribution is -1.93. The second-order valence-corrected chi connectivity index (χ2v) is 5.13. The van der Waals surface area contributed by atoms with Gasteiger partial charge in [0.15, 0.2) is 0 Å². The molecule has 90 valence electrons.